The molecular weight excluding hydrogens is 407 g/mol. The van der Waals surface area contributed by atoms with Gasteiger partial charge in [0, 0.05) is 23.8 Å². The first-order chi connectivity index (χ1) is 15.5. The maximum absolute atomic E-state index is 14.3. The number of amides is 2. The largest absolute Gasteiger partial charge is 0.366 e. The number of halogens is 1. The van der Waals surface area contributed by atoms with E-state index in [4.69, 9.17) is 5.73 Å². The van der Waals surface area contributed by atoms with Crippen LogP contribution in [0.25, 0.3) is 22.0 Å². The number of primary amides is 1. The molecule has 4 rings (SSSR count). The predicted octanol–water partition coefficient (Wildman–Crippen LogP) is 4.63. The van der Waals surface area contributed by atoms with Crippen molar-refractivity contribution in [1.82, 2.24) is 10.3 Å². The topological polar surface area (TPSA) is 97.1 Å². The van der Waals surface area contributed by atoms with E-state index in [0.29, 0.717) is 39.8 Å². The summed E-state index contributed by atoms with van der Waals surface area (Å²) in [7, 11) is 0. The van der Waals surface area contributed by atoms with Crippen LogP contribution in [0.15, 0.2) is 72.9 Å². The molecule has 0 radical (unpaired) electrons. The molecule has 1 heterocycles. The summed E-state index contributed by atoms with van der Waals surface area (Å²) in [5, 5.41) is 6.85. The number of nitrogens with one attached hydrogen (secondary N) is 2. The van der Waals surface area contributed by atoms with Crippen LogP contribution in [-0.4, -0.2) is 23.3 Å². The number of benzene rings is 3. The molecule has 0 aliphatic rings. The van der Waals surface area contributed by atoms with Crippen molar-refractivity contribution in [3.63, 3.8) is 0 Å². The van der Waals surface area contributed by atoms with Crippen molar-refractivity contribution < 1.29 is 14.0 Å². The Hall–Kier alpha value is -4.26. The van der Waals surface area contributed by atoms with Gasteiger partial charge in [0.2, 0.25) is 0 Å². The van der Waals surface area contributed by atoms with Gasteiger partial charge in [-0.1, -0.05) is 30.3 Å². The number of pyridine rings is 1. The number of anilines is 2. The number of carbonyl (C=O) groups is 2. The van der Waals surface area contributed by atoms with Crippen LogP contribution < -0.4 is 16.4 Å². The van der Waals surface area contributed by atoms with Crippen molar-refractivity contribution in [2.45, 2.75) is 6.92 Å². The molecule has 0 aliphatic heterocycles. The molecule has 6 nitrogen and oxygen atoms in total. The van der Waals surface area contributed by atoms with E-state index in [-0.39, 0.29) is 11.5 Å². The van der Waals surface area contributed by atoms with Gasteiger partial charge in [-0.2, -0.15) is 0 Å². The minimum atomic E-state index is -0.822. The van der Waals surface area contributed by atoms with Gasteiger partial charge in [0.25, 0.3) is 11.8 Å². The highest BCUT2D eigenvalue weighted by Crippen LogP contribution is 2.33. The number of fused-ring (bicyclic) bond motifs is 1. The number of carbonyl (C=O) groups excluding carboxylic acids is 2. The third kappa shape index (κ3) is 4.13. The van der Waals surface area contributed by atoms with E-state index in [1.807, 2.05) is 55.5 Å². The molecule has 3 aromatic carbocycles. The van der Waals surface area contributed by atoms with Crippen LogP contribution in [0.2, 0.25) is 0 Å². The Balaban J connectivity index is 1.88. The van der Waals surface area contributed by atoms with Crippen molar-refractivity contribution >= 4 is 34.1 Å². The van der Waals surface area contributed by atoms with Crippen LogP contribution in [0.3, 0.4) is 0 Å². The van der Waals surface area contributed by atoms with Crippen molar-refractivity contribution in [3.8, 4) is 11.1 Å². The van der Waals surface area contributed by atoms with Crippen molar-refractivity contribution in [1.29, 1.82) is 0 Å². The normalized spacial score (nSPS) is 10.7. The first kappa shape index (κ1) is 21.0. The summed E-state index contributed by atoms with van der Waals surface area (Å²) in [6.45, 7) is 2.33. The van der Waals surface area contributed by atoms with Gasteiger partial charge in [0.15, 0.2) is 0 Å². The van der Waals surface area contributed by atoms with Gasteiger partial charge in [-0.15, -0.1) is 0 Å². The second-order valence-corrected chi connectivity index (χ2v) is 7.19. The lowest BCUT2D eigenvalue weighted by Gasteiger charge is -2.15. The van der Waals surface area contributed by atoms with Crippen LogP contribution >= 0.6 is 0 Å². The maximum atomic E-state index is 14.3. The first-order valence-corrected chi connectivity index (χ1v) is 10.1. The molecular formula is C25H21FN4O2. The molecule has 0 spiro atoms. The Morgan fingerprint density at radius 3 is 2.38 bits per heavy atom. The van der Waals surface area contributed by atoms with Crippen LogP contribution in [-0.2, 0) is 0 Å². The lowest BCUT2D eigenvalue weighted by Crippen LogP contribution is -2.23. The molecule has 4 N–H and O–H groups in total. The fourth-order valence-corrected chi connectivity index (χ4v) is 3.50. The lowest BCUT2D eigenvalue weighted by atomic mass is 9.99. The number of para-hydroxylation sites is 1. The third-order valence-corrected chi connectivity index (χ3v) is 5.06. The number of nitrogens with two attached hydrogens (primary N) is 1. The summed E-state index contributed by atoms with van der Waals surface area (Å²) >= 11 is 0. The molecule has 0 bridgehead atoms. The van der Waals surface area contributed by atoms with Crippen LogP contribution in [0.4, 0.5) is 15.8 Å². The highest BCUT2D eigenvalue weighted by atomic mass is 19.1. The van der Waals surface area contributed by atoms with Crippen LogP contribution in [0, 0.1) is 5.82 Å². The summed E-state index contributed by atoms with van der Waals surface area (Å²) < 4.78 is 14.3. The molecule has 0 fully saturated rings. The van der Waals surface area contributed by atoms with E-state index < -0.39 is 11.7 Å². The minimum Gasteiger partial charge on any atom is -0.366 e. The standard InChI is InChI=1S/C25H21FN4O2/c1-2-28-25(32)20-14-29-22-11-9-15(16-8-10-18(24(27)31)21(26)13-16)12-19(22)23(20)30-17-6-4-3-5-7-17/h3-14H,2H2,1H3,(H2,27,31)(H,28,32)(H,29,30). The first-order valence-electron chi connectivity index (χ1n) is 10.1. The summed E-state index contributed by atoms with van der Waals surface area (Å²) in [6.07, 6.45) is 1.54. The fraction of sp³-hybridized carbons (Fsp3) is 0.0800. The Morgan fingerprint density at radius 1 is 0.969 bits per heavy atom. The van der Waals surface area contributed by atoms with Crippen LogP contribution in [0.5, 0.6) is 0 Å². The number of hydrogen-bond acceptors (Lipinski definition) is 4. The van der Waals surface area contributed by atoms with Gasteiger partial charge in [0.1, 0.15) is 5.82 Å². The number of hydrogen-bond donors (Lipinski definition) is 3. The molecule has 4 aromatic rings. The Bertz CT molecular complexity index is 1320. The van der Waals surface area contributed by atoms with Gasteiger partial charge in [-0.25, -0.2) is 4.39 Å². The van der Waals surface area contributed by atoms with E-state index in [1.54, 1.807) is 12.3 Å². The van der Waals surface area contributed by atoms with Crippen molar-refractivity contribution in [2.75, 3.05) is 11.9 Å². The molecule has 0 aliphatic carbocycles. The lowest BCUT2D eigenvalue weighted by molar-refractivity contribution is 0.0954. The molecule has 0 saturated carbocycles. The molecule has 0 unspecified atom stereocenters. The van der Waals surface area contributed by atoms with Gasteiger partial charge in [0.05, 0.1) is 22.3 Å². The fourth-order valence-electron chi connectivity index (χ4n) is 3.50. The summed E-state index contributed by atoms with van der Waals surface area (Å²) in [5.41, 5.74) is 8.81. The molecule has 2 amide bonds. The summed E-state index contributed by atoms with van der Waals surface area (Å²) in [6, 6.07) is 19.2. The van der Waals surface area contributed by atoms with Gasteiger partial charge in [-0.3, -0.25) is 14.6 Å². The molecule has 1 aromatic heterocycles. The Labute approximate surface area is 184 Å². The van der Waals surface area contributed by atoms with E-state index in [9.17, 15) is 14.0 Å². The SMILES string of the molecule is CCNC(=O)c1cnc2ccc(-c3ccc(C(N)=O)c(F)c3)cc2c1Nc1ccccc1. The number of rotatable bonds is 6. The molecule has 32 heavy (non-hydrogen) atoms. The highest BCUT2D eigenvalue weighted by molar-refractivity contribution is 6.08. The van der Waals surface area contributed by atoms with Gasteiger partial charge < -0.3 is 16.4 Å². The highest BCUT2D eigenvalue weighted by Gasteiger charge is 2.17. The number of aromatic nitrogens is 1. The quantitative estimate of drug-likeness (QED) is 0.417. The van der Waals surface area contributed by atoms with Crippen LogP contribution in [0.1, 0.15) is 27.6 Å². The molecule has 160 valence electrons. The Morgan fingerprint density at radius 2 is 1.69 bits per heavy atom. The smallest absolute Gasteiger partial charge is 0.254 e. The monoisotopic (exact) mass is 428 g/mol. The average Bonchev–Trinajstić information content (AvgIpc) is 2.79. The molecule has 0 atom stereocenters. The summed E-state index contributed by atoms with van der Waals surface area (Å²) in [4.78, 5) is 28.5. The zero-order valence-corrected chi connectivity index (χ0v) is 17.4. The Kier molecular flexibility index (Phi) is 5.81. The zero-order chi connectivity index (χ0) is 22.7. The number of nitrogens with zero attached hydrogens (tertiary/aromatic N) is 1. The van der Waals surface area contributed by atoms with E-state index >= 15 is 0 Å². The molecule has 0 saturated heterocycles. The second-order valence-electron chi connectivity index (χ2n) is 7.19. The third-order valence-electron chi connectivity index (χ3n) is 5.06. The predicted molar refractivity (Wildman–Crippen MR) is 123 cm³/mol. The zero-order valence-electron chi connectivity index (χ0n) is 17.4. The summed E-state index contributed by atoms with van der Waals surface area (Å²) in [5.74, 6) is -1.76. The molecule has 7 heteroatoms. The van der Waals surface area contributed by atoms with Gasteiger partial charge >= 0.3 is 0 Å². The van der Waals surface area contributed by atoms with Crippen molar-refractivity contribution in [2.24, 2.45) is 5.73 Å². The van der Waals surface area contributed by atoms with E-state index in [2.05, 4.69) is 15.6 Å². The van der Waals surface area contributed by atoms with E-state index in [1.165, 1.54) is 12.1 Å². The maximum Gasteiger partial charge on any atom is 0.254 e. The van der Waals surface area contributed by atoms with Crippen molar-refractivity contribution in [3.05, 3.63) is 89.9 Å². The minimum absolute atomic E-state index is 0.166. The van der Waals surface area contributed by atoms with E-state index in [0.717, 1.165) is 5.69 Å². The second kappa shape index (κ2) is 8.85. The van der Waals surface area contributed by atoms with Gasteiger partial charge in [-0.05, 0) is 54.4 Å². The average molecular weight is 428 g/mol.